The maximum Gasteiger partial charge on any atom is 0.279 e. The molecule has 1 unspecified atom stereocenters. The zero-order valence-corrected chi connectivity index (χ0v) is 9.55. The van der Waals surface area contributed by atoms with E-state index in [0.29, 0.717) is 13.1 Å². The van der Waals surface area contributed by atoms with Crippen LogP contribution in [0.25, 0.3) is 0 Å². The summed E-state index contributed by atoms with van der Waals surface area (Å²) < 4.78 is 27.6. The van der Waals surface area contributed by atoms with Crippen molar-refractivity contribution in [3.8, 4) is 0 Å². The first-order valence-electron chi connectivity index (χ1n) is 4.96. The van der Waals surface area contributed by atoms with Gasteiger partial charge in [0.25, 0.3) is 10.2 Å². The fourth-order valence-electron chi connectivity index (χ4n) is 1.73. The molecule has 0 bridgehead atoms. The van der Waals surface area contributed by atoms with Crippen molar-refractivity contribution in [3.05, 3.63) is 0 Å². The highest BCUT2D eigenvalue weighted by Crippen LogP contribution is 2.19. The van der Waals surface area contributed by atoms with Gasteiger partial charge in [0.15, 0.2) is 0 Å². The van der Waals surface area contributed by atoms with Gasteiger partial charge >= 0.3 is 0 Å². The molecule has 1 rings (SSSR count). The van der Waals surface area contributed by atoms with Crippen LogP contribution in [-0.2, 0) is 10.2 Å². The van der Waals surface area contributed by atoms with Crippen LogP contribution in [0.4, 0.5) is 0 Å². The number of hydrogen-bond donors (Lipinski definition) is 2. The van der Waals surface area contributed by atoms with Crippen molar-refractivity contribution in [2.24, 2.45) is 5.73 Å². The van der Waals surface area contributed by atoms with Gasteiger partial charge in [0.1, 0.15) is 0 Å². The number of nitrogens with two attached hydrogens (primary N) is 1. The van der Waals surface area contributed by atoms with E-state index in [1.54, 1.807) is 0 Å². The van der Waals surface area contributed by atoms with Gasteiger partial charge in [-0.2, -0.15) is 17.4 Å². The summed E-state index contributed by atoms with van der Waals surface area (Å²) in [7, 11) is -3.32. The Labute approximate surface area is 85.8 Å². The minimum Gasteiger partial charge on any atom is -0.329 e. The fraction of sp³-hybridized carbons (Fsp3) is 1.00. The lowest BCUT2D eigenvalue weighted by Crippen LogP contribution is -2.47. The highest BCUT2D eigenvalue weighted by molar-refractivity contribution is 7.87. The van der Waals surface area contributed by atoms with Crippen molar-refractivity contribution >= 4 is 10.2 Å². The Morgan fingerprint density at radius 2 is 2.21 bits per heavy atom. The predicted molar refractivity (Wildman–Crippen MR) is 56.0 cm³/mol. The van der Waals surface area contributed by atoms with Gasteiger partial charge in [-0.05, 0) is 26.7 Å². The molecule has 0 amide bonds. The van der Waals surface area contributed by atoms with Gasteiger partial charge < -0.3 is 5.73 Å². The molecular formula is C8H19N3O2S. The van der Waals surface area contributed by atoms with Crippen molar-refractivity contribution in [2.75, 3.05) is 13.1 Å². The largest absolute Gasteiger partial charge is 0.329 e. The minimum absolute atomic E-state index is 0.0220. The van der Waals surface area contributed by atoms with E-state index in [1.165, 1.54) is 4.31 Å². The summed E-state index contributed by atoms with van der Waals surface area (Å²) in [4.78, 5) is 0. The summed E-state index contributed by atoms with van der Waals surface area (Å²) in [5, 5.41) is 0. The van der Waals surface area contributed by atoms with E-state index in [-0.39, 0.29) is 12.1 Å². The maximum atomic E-state index is 11.8. The van der Waals surface area contributed by atoms with Crippen LogP contribution in [0.1, 0.15) is 26.7 Å². The van der Waals surface area contributed by atoms with Gasteiger partial charge in [-0.25, -0.2) is 0 Å². The zero-order chi connectivity index (χ0) is 10.8. The van der Waals surface area contributed by atoms with E-state index < -0.39 is 10.2 Å². The highest BCUT2D eigenvalue weighted by atomic mass is 32.2. The maximum absolute atomic E-state index is 11.8. The second-order valence-corrected chi connectivity index (χ2v) is 5.57. The summed E-state index contributed by atoms with van der Waals surface area (Å²) in [6, 6.07) is -0.0923. The Balaban J connectivity index is 2.71. The molecule has 0 saturated carbocycles. The molecule has 1 aliphatic rings. The summed E-state index contributed by atoms with van der Waals surface area (Å²) in [5.41, 5.74) is 5.52. The first-order chi connectivity index (χ1) is 6.47. The summed E-state index contributed by atoms with van der Waals surface area (Å²) in [6.07, 6.45) is 1.77. The standard InChI is InChI=1S/C8H19N3O2S/c1-7(2)10-14(12,13)11-5-3-4-8(11)6-9/h7-8,10H,3-6,9H2,1-2H3. The van der Waals surface area contributed by atoms with Crippen LogP contribution < -0.4 is 10.5 Å². The van der Waals surface area contributed by atoms with Gasteiger partial charge in [-0.3, -0.25) is 0 Å². The number of nitrogens with zero attached hydrogens (tertiary/aromatic N) is 1. The average molecular weight is 221 g/mol. The van der Waals surface area contributed by atoms with Gasteiger partial charge in [-0.1, -0.05) is 0 Å². The van der Waals surface area contributed by atoms with Gasteiger partial charge in [0.05, 0.1) is 0 Å². The van der Waals surface area contributed by atoms with E-state index in [2.05, 4.69) is 4.72 Å². The third-order valence-corrected chi connectivity index (χ3v) is 4.16. The Morgan fingerprint density at radius 3 is 2.71 bits per heavy atom. The van der Waals surface area contributed by atoms with Crippen LogP contribution in [0.5, 0.6) is 0 Å². The number of hydrogen-bond acceptors (Lipinski definition) is 3. The van der Waals surface area contributed by atoms with E-state index in [0.717, 1.165) is 12.8 Å². The second-order valence-electron chi connectivity index (χ2n) is 3.92. The molecule has 0 aromatic rings. The highest BCUT2D eigenvalue weighted by Gasteiger charge is 2.33. The van der Waals surface area contributed by atoms with Crippen molar-refractivity contribution in [3.63, 3.8) is 0 Å². The molecule has 0 aromatic carbocycles. The zero-order valence-electron chi connectivity index (χ0n) is 8.73. The van der Waals surface area contributed by atoms with E-state index in [4.69, 9.17) is 5.73 Å². The monoisotopic (exact) mass is 221 g/mol. The average Bonchev–Trinajstić information content (AvgIpc) is 2.48. The summed E-state index contributed by atoms with van der Waals surface area (Å²) in [6.45, 7) is 4.61. The van der Waals surface area contributed by atoms with Crippen molar-refractivity contribution in [1.29, 1.82) is 0 Å². The first kappa shape index (κ1) is 11.9. The van der Waals surface area contributed by atoms with Crippen LogP contribution in [0.15, 0.2) is 0 Å². The quantitative estimate of drug-likeness (QED) is 0.681. The molecule has 5 nitrogen and oxygen atoms in total. The third-order valence-electron chi connectivity index (χ3n) is 2.29. The van der Waals surface area contributed by atoms with E-state index in [1.807, 2.05) is 13.8 Å². The molecule has 1 atom stereocenters. The van der Waals surface area contributed by atoms with Crippen LogP contribution in [-0.4, -0.2) is 37.9 Å². The van der Waals surface area contributed by atoms with Gasteiger partial charge in [0.2, 0.25) is 0 Å². The lowest BCUT2D eigenvalue weighted by atomic mass is 10.2. The first-order valence-corrected chi connectivity index (χ1v) is 6.40. The molecule has 84 valence electrons. The van der Waals surface area contributed by atoms with Crippen LogP contribution in [0, 0.1) is 0 Å². The van der Waals surface area contributed by atoms with Crippen LogP contribution >= 0.6 is 0 Å². The predicted octanol–water partition coefficient (Wildman–Crippen LogP) is -0.348. The molecule has 1 aliphatic heterocycles. The van der Waals surface area contributed by atoms with E-state index in [9.17, 15) is 8.42 Å². The van der Waals surface area contributed by atoms with Crippen molar-refractivity contribution in [1.82, 2.24) is 9.03 Å². The minimum atomic E-state index is -3.32. The Morgan fingerprint density at radius 1 is 1.57 bits per heavy atom. The Bertz CT molecular complexity index is 276. The van der Waals surface area contributed by atoms with Gasteiger partial charge in [-0.15, -0.1) is 0 Å². The lowest BCUT2D eigenvalue weighted by molar-refractivity contribution is 0.383. The molecule has 0 radical (unpaired) electrons. The van der Waals surface area contributed by atoms with Gasteiger partial charge in [0, 0.05) is 25.2 Å². The molecule has 1 fully saturated rings. The van der Waals surface area contributed by atoms with Crippen LogP contribution in [0.3, 0.4) is 0 Å². The molecule has 0 spiro atoms. The smallest absolute Gasteiger partial charge is 0.279 e. The summed E-state index contributed by atoms with van der Waals surface area (Å²) >= 11 is 0. The van der Waals surface area contributed by atoms with Crippen molar-refractivity contribution in [2.45, 2.75) is 38.8 Å². The second kappa shape index (κ2) is 4.57. The summed E-state index contributed by atoms with van der Waals surface area (Å²) in [5.74, 6) is 0. The molecule has 1 saturated heterocycles. The van der Waals surface area contributed by atoms with Crippen molar-refractivity contribution < 1.29 is 8.42 Å². The molecule has 3 N–H and O–H groups in total. The molecule has 0 aliphatic carbocycles. The molecule has 6 heteroatoms. The Kier molecular flexibility index (Phi) is 3.88. The Hall–Kier alpha value is -0.170. The topological polar surface area (TPSA) is 75.4 Å². The van der Waals surface area contributed by atoms with Crippen LogP contribution in [0.2, 0.25) is 0 Å². The SMILES string of the molecule is CC(C)NS(=O)(=O)N1CCCC1CN. The van der Waals surface area contributed by atoms with E-state index >= 15 is 0 Å². The number of rotatable bonds is 4. The third kappa shape index (κ3) is 2.66. The molecule has 14 heavy (non-hydrogen) atoms. The normalized spacial score (nSPS) is 24.7. The molecule has 1 heterocycles. The molecular weight excluding hydrogens is 202 g/mol. The molecule has 0 aromatic heterocycles. The fourth-order valence-corrected chi connectivity index (χ4v) is 3.41. The number of nitrogens with one attached hydrogen (secondary N) is 1. The lowest BCUT2D eigenvalue weighted by Gasteiger charge is -2.24.